The summed E-state index contributed by atoms with van der Waals surface area (Å²) in [5, 5.41) is 23.3. The van der Waals surface area contributed by atoms with Crippen molar-refractivity contribution >= 4 is 177 Å². The molecule has 2 spiro atoms. The maximum Gasteiger partial charge on any atom is 0.441 e. The van der Waals surface area contributed by atoms with Gasteiger partial charge in [0.1, 0.15) is 0 Å². The molecule has 12 aliphatic rings. The molecular weight excluding hydrogens is 1470 g/mol. The summed E-state index contributed by atoms with van der Waals surface area (Å²) >= 11 is 0. The Balaban J connectivity index is 0.000000117. The van der Waals surface area contributed by atoms with Gasteiger partial charge in [-0.1, -0.05) is 265 Å². The van der Waals surface area contributed by atoms with Gasteiger partial charge in [0, 0.05) is 43.6 Å². The lowest BCUT2D eigenvalue weighted by molar-refractivity contribution is -0.798. The zero-order valence-corrected chi connectivity index (χ0v) is 63.7. The monoisotopic (exact) mass is 1520 g/mol. The van der Waals surface area contributed by atoms with Gasteiger partial charge in [-0.05, 0) is 177 Å². The highest BCUT2D eigenvalue weighted by Crippen LogP contribution is 2.59. The van der Waals surface area contributed by atoms with Crippen molar-refractivity contribution in [1.29, 1.82) is 0 Å². The normalized spacial score (nSPS) is 18.3. The molecule has 0 bridgehead atoms. The van der Waals surface area contributed by atoms with Crippen LogP contribution in [0.25, 0.3) is 119 Å². The van der Waals surface area contributed by atoms with Gasteiger partial charge in [-0.2, -0.15) is 4.57 Å². The van der Waals surface area contributed by atoms with E-state index >= 15 is 0 Å². The van der Waals surface area contributed by atoms with Crippen LogP contribution >= 0.6 is 0 Å². The summed E-state index contributed by atoms with van der Waals surface area (Å²) in [4.78, 5) is 29.3. The predicted octanol–water partition coefficient (Wildman–Crippen LogP) is 18.3. The lowest BCUT2D eigenvalue weighted by atomic mass is 9.90. The van der Waals surface area contributed by atoms with Crippen molar-refractivity contribution in [3.63, 3.8) is 0 Å². The lowest BCUT2D eigenvalue weighted by Gasteiger charge is -2.42. The van der Waals surface area contributed by atoms with Gasteiger partial charge in [-0.15, -0.1) is 18.3 Å². The van der Waals surface area contributed by atoms with Gasteiger partial charge in [0.15, 0.2) is 17.1 Å². The first-order valence-corrected chi connectivity index (χ1v) is 41.2. The summed E-state index contributed by atoms with van der Waals surface area (Å²) in [5.41, 5.74) is 22.6. The van der Waals surface area contributed by atoms with Gasteiger partial charge < -0.3 is 0 Å². The minimum Gasteiger partial charge on any atom is -0.216 e. The number of hydrogen-bond donors (Lipinski definition) is 0. The minimum absolute atomic E-state index is 0.898. The maximum atomic E-state index is 5.92. The average molecular weight is 1520 g/mol. The molecule has 16 heterocycles. The maximum absolute atomic E-state index is 5.92. The van der Waals surface area contributed by atoms with Gasteiger partial charge in [-0.3, -0.25) is 0 Å². The number of fused-ring (bicyclic) bond motifs is 29. The Morgan fingerprint density at radius 2 is 0.558 bits per heavy atom. The lowest BCUT2D eigenvalue weighted by Crippen LogP contribution is -2.72. The molecule has 120 heavy (non-hydrogen) atoms. The zero-order valence-electron chi connectivity index (χ0n) is 63.7. The molecule has 0 saturated carbocycles. The van der Waals surface area contributed by atoms with E-state index in [1.54, 1.807) is 0 Å². The Hall–Kier alpha value is -16.3. The topological polar surface area (TPSA) is 93.6 Å². The molecule has 546 valence electrons. The van der Waals surface area contributed by atoms with E-state index in [-0.39, 0.29) is 0 Å². The van der Waals surface area contributed by atoms with Crippen LogP contribution in [0.1, 0.15) is 66.9 Å². The molecule has 0 radical (unpaired) electrons. The van der Waals surface area contributed by atoms with Crippen molar-refractivity contribution in [2.45, 2.75) is 11.8 Å². The van der Waals surface area contributed by atoms with Crippen LogP contribution in [-0.2, 0) is 11.8 Å². The zero-order chi connectivity index (χ0) is 77.2. The van der Waals surface area contributed by atoms with Crippen LogP contribution in [0.5, 0.6) is 0 Å². The third-order valence-corrected chi connectivity index (χ3v) is 27.7. The Bertz CT molecular complexity index is 9210. The number of aliphatic imine (C=N–C) groups is 3. The number of aromatic nitrogens is 4. The molecule has 2 atom stereocenters. The van der Waals surface area contributed by atoms with Crippen molar-refractivity contribution < 1.29 is 18.3 Å². The molecule has 2 unspecified atom stereocenters. The molecule has 0 aliphatic carbocycles. The van der Waals surface area contributed by atoms with Gasteiger partial charge in [0.2, 0.25) is 11.3 Å². The largest absolute Gasteiger partial charge is 0.441 e. The van der Waals surface area contributed by atoms with Crippen molar-refractivity contribution in [1.82, 2.24) is 18.3 Å². The summed E-state index contributed by atoms with van der Waals surface area (Å²) in [6.45, 7) is 0. The van der Waals surface area contributed by atoms with Gasteiger partial charge >= 0.3 is 29.3 Å². The third-order valence-electron chi connectivity index (χ3n) is 27.7. The van der Waals surface area contributed by atoms with E-state index in [2.05, 4.69) is 382 Å². The molecule has 4 aromatic heterocycles. The van der Waals surface area contributed by atoms with Crippen LogP contribution < -0.4 is 21.7 Å². The van der Waals surface area contributed by atoms with Crippen LogP contribution in [0.2, 0.25) is 0 Å². The first kappa shape index (κ1) is 61.2. The number of nitrogens with zero attached hydrogens (tertiary/aromatic N) is 13. The van der Waals surface area contributed by atoms with Crippen molar-refractivity contribution in [2.75, 3.05) is 0 Å². The predicted molar refractivity (Wildman–Crippen MR) is 476 cm³/mol. The smallest absolute Gasteiger partial charge is 0.216 e. The molecule has 12 aliphatic heterocycles. The van der Waals surface area contributed by atoms with Crippen molar-refractivity contribution in [3.8, 4) is 0 Å². The highest BCUT2D eigenvalue weighted by atomic mass is 15.7. The molecule has 20 aromatic rings. The van der Waals surface area contributed by atoms with Crippen LogP contribution in [0, 0.1) is 0 Å². The second-order valence-corrected chi connectivity index (χ2v) is 33.4. The fourth-order valence-corrected chi connectivity index (χ4v) is 23.1. The number of rotatable bonds is 3. The molecule has 0 N–H and O–H groups in total. The Labute approximate surface area is 680 Å². The fraction of sp³-hybridized carbons (Fsp3) is 0.0187. The average Bonchev–Trinajstić information content (AvgIpc) is 1.45. The molecule has 13 heteroatoms. The van der Waals surface area contributed by atoms with Crippen LogP contribution in [0.4, 0.5) is 17.5 Å². The Morgan fingerprint density at radius 3 is 1.07 bits per heavy atom. The van der Waals surface area contributed by atoms with Gasteiger partial charge in [0.05, 0.1) is 77.1 Å². The first-order chi connectivity index (χ1) is 59.5. The molecule has 0 fully saturated rings. The molecular formula is C107H57N13+4. The van der Waals surface area contributed by atoms with E-state index < -0.39 is 11.8 Å². The second-order valence-electron chi connectivity index (χ2n) is 33.4. The SMILES string of the molecule is c1ccc(C2=C3c4ccccc4C4=[N+]3C35n6c(c7ccccc7c62)N=C2c6cc7ccccc7cc6C(=[N+]23)C(c2ccccc2)=c2c3cc6ccccc6cc3c(n25)=N4)cc1.c1ccc(C2=c3c4cc5ccccc5cc4c4n3C35n6c(c7cc8ccccc8cc7c6N=C6c7ccccc7C2=[N+]63)N=C2c3cc6ccccc6cc3C(=[N+]25)N=4)cc1. The molecule has 32 rings (SSSR count). The van der Waals surface area contributed by atoms with Crippen molar-refractivity contribution in [3.05, 3.63) is 434 Å². The fourth-order valence-electron chi connectivity index (χ4n) is 23.1. The van der Waals surface area contributed by atoms with E-state index in [9.17, 15) is 0 Å². The second kappa shape index (κ2) is 20.9. The van der Waals surface area contributed by atoms with E-state index in [4.69, 9.17) is 25.0 Å². The number of benzene rings is 16. The highest BCUT2D eigenvalue weighted by molar-refractivity contribution is 6.39. The highest BCUT2D eigenvalue weighted by Gasteiger charge is 2.74. The van der Waals surface area contributed by atoms with Crippen LogP contribution in [0.3, 0.4) is 0 Å². The number of hydrogen-bond acceptors (Lipinski definition) is 5. The Morgan fingerprint density at radius 1 is 0.217 bits per heavy atom. The summed E-state index contributed by atoms with van der Waals surface area (Å²) in [5.74, 6) is 5.30. The standard InChI is InChI=1S/C55H30N6.C52H27N7/c1-3-15-31(16-4-1)45-47-37-23-11-13-25-39(37)51-56-53-43-29-35-21-9-7-19-33(35)27-41(43)49-46(32-17-5-2-6-18-32)50-42-28-34-20-8-10-22-36(34)30-44(42)54-57-52-40-26-14-12-24-38(40)48(45)59(52)55(58(47)51,60(49)53)61(50)54;1-2-12-28(13-3-1)43-44-35-20-10-11-21-36(35)46-53-48-39-24-31-16-6-8-18-33(31)26-41(39)50-55-51-42-27-34-19-9-7-17-32(34)25-40(42)49-54-47-38-23-30-15-5-4-14-29(30)22-37(38)45(43)57(47)52(56(44)46,58(48)50)59(49)51/h1-30H;1-27H/q2*+2. The summed E-state index contributed by atoms with van der Waals surface area (Å²) < 4.78 is 20.4. The first-order valence-electron chi connectivity index (χ1n) is 41.2. The van der Waals surface area contributed by atoms with Gasteiger partial charge in [-0.25, -0.2) is 13.7 Å². The van der Waals surface area contributed by atoms with Crippen LogP contribution in [-0.4, -0.2) is 77.2 Å². The third kappa shape index (κ3) is 6.87. The van der Waals surface area contributed by atoms with E-state index in [1.807, 2.05) is 0 Å². The van der Waals surface area contributed by atoms with E-state index in [1.165, 1.54) is 97.9 Å². The Kier molecular flexibility index (Phi) is 10.7. The molecule has 13 nitrogen and oxygen atoms in total. The van der Waals surface area contributed by atoms with Crippen molar-refractivity contribution in [2.24, 2.45) is 25.0 Å². The van der Waals surface area contributed by atoms with Gasteiger partial charge in [0.25, 0.3) is 28.8 Å². The summed E-state index contributed by atoms with van der Waals surface area (Å²) in [6.07, 6.45) is 0. The minimum atomic E-state index is -1.05. The quantitative estimate of drug-likeness (QED) is 0.158. The van der Waals surface area contributed by atoms with Crippen LogP contribution in [0.15, 0.2) is 371 Å². The van der Waals surface area contributed by atoms with E-state index in [0.717, 1.165) is 168 Å². The number of amidine groups is 5. The molecule has 0 saturated heterocycles. The molecule has 0 amide bonds. The molecule has 16 aromatic carbocycles. The van der Waals surface area contributed by atoms with E-state index in [0.29, 0.717) is 0 Å². The summed E-state index contributed by atoms with van der Waals surface area (Å²) in [6, 6.07) is 127. The summed E-state index contributed by atoms with van der Waals surface area (Å²) in [7, 11) is 0.